The van der Waals surface area contributed by atoms with Gasteiger partial charge in [0.25, 0.3) is 0 Å². The van der Waals surface area contributed by atoms with Crippen molar-refractivity contribution >= 4 is 35.8 Å². The Balaban J connectivity index is 0.000000172. The van der Waals surface area contributed by atoms with E-state index in [9.17, 15) is 0 Å². The molecule has 0 saturated carbocycles. The van der Waals surface area contributed by atoms with Crippen LogP contribution in [-0.2, 0) is 11.2 Å². The molecule has 1 saturated heterocycles. The van der Waals surface area contributed by atoms with E-state index in [2.05, 4.69) is 42.2 Å². The molecule has 1 atom stereocenters. The van der Waals surface area contributed by atoms with Gasteiger partial charge in [0.1, 0.15) is 0 Å². The van der Waals surface area contributed by atoms with Gasteiger partial charge in [0.15, 0.2) is 0 Å². The van der Waals surface area contributed by atoms with Gasteiger partial charge in [-0.05, 0) is 24.1 Å². The minimum Gasteiger partial charge on any atom is -0.375 e. The molecule has 118 valence electrons. The summed E-state index contributed by atoms with van der Waals surface area (Å²) in [7, 11) is 0. The van der Waals surface area contributed by atoms with Crippen LogP contribution < -0.4 is 5.32 Å². The Morgan fingerprint density at radius 2 is 1.73 bits per heavy atom. The van der Waals surface area contributed by atoms with Crippen molar-refractivity contribution in [3.05, 3.63) is 64.1 Å². The molecule has 1 heterocycles. The monoisotopic (exact) mass is 355 g/mol. The summed E-state index contributed by atoms with van der Waals surface area (Å²) in [5.41, 5.74) is 1.36. The van der Waals surface area contributed by atoms with E-state index < -0.39 is 0 Å². The van der Waals surface area contributed by atoms with E-state index in [0.717, 1.165) is 26.1 Å². The Kier molecular flexibility index (Phi) is 7.56. The lowest BCUT2D eigenvalue weighted by molar-refractivity contribution is 0.0292. The molecular formula is C17H19Cl2NOS. The second-order valence-corrected chi connectivity index (χ2v) is 6.22. The summed E-state index contributed by atoms with van der Waals surface area (Å²) in [6, 6.07) is 15.8. The summed E-state index contributed by atoms with van der Waals surface area (Å²) in [6.45, 7) is 2.82. The van der Waals surface area contributed by atoms with Crippen LogP contribution in [0.25, 0.3) is 0 Å². The van der Waals surface area contributed by atoms with Gasteiger partial charge in [0, 0.05) is 18.0 Å². The maximum atomic E-state index is 5.65. The van der Waals surface area contributed by atoms with E-state index in [4.69, 9.17) is 27.9 Å². The van der Waals surface area contributed by atoms with E-state index >= 15 is 0 Å². The maximum Gasteiger partial charge on any atom is 0.0740 e. The number of halogens is 2. The number of hydrogen-bond acceptors (Lipinski definition) is 3. The highest BCUT2D eigenvalue weighted by Gasteiger charge is 2.13. The Morgan fingerprint density at radius 3 is 2.27 bits per heavy atom. The van der Waals surface area contributed by atoms with Crippen molar-refractivity contribution in [1.29, 1.82) is 0 Å². The minimum absolute atomic E-state index is 0.358. The number of benzene rings is 2. The highest BCUT2D eigenvalue weighted by molar-refractivity contribution is 7.80. The lowest BCUT2D eigenvalue weighted by Gasteiger charge is -2.23. The van der Waals surface area contributed by atoms with Crippen LogP contribution in [-0.4, -0.2) is 25.8 Å². The highest BCUT2D eigenvalue weighted by Crippen LogP contribution is 2.26. The van der Waals surface area contributed by atoms with Crippen LogP contribution in [0.2, 0.25) is 10.0 Å². The predicted molar refractivity (Wildman–Crippen MR) is 96.5 cm³/mol. The van der Waals surface area contributed by atoms with Crippen molar-refractivity contribution in [2.24, 2.45) is 0 Å². The van der Waals surface area contributed by atoms with Crippen LogP contribution in [0, 0.1) is 0 Å². The zero-order valence-corrected chi connectivity index (χ0v) is 14.5. The molecule has 1 N–H and O–H groups in total. The summed E-state index contributed by atoms with van der Waals surface area (Å²) in [4.78, 5) is 0.640. The van der Waals surface area contributed by atoms with E-state index in [1.165, 1.54) is 5.56 Å². The topological polar surface area (TPSA) is 21.3 Å². The van der Waals surface area contributed by atoms with Gasteiger partial charge in [-0.25, -0.2) is 0 Å². The number of thiol groups is 1. The first-order valence-corrected chi connectivity index (χ1v) is 8.36. The average Bonchev–Trinajstić information content (AvgIpc) is 2.55. The quantitative estimate of drug-likeness (QED) is 0.773. The number of morpholine rings is 1. The molecule has 1 aliphatic heterocycles. The van der Waals surface area contributed by atoms with E-state index in [1.807, 2.05) is 6.07 Å². The lowest BCUT2D eigenvalue weighted by atomic mass is 10.1. The van der Waals surface area contributed by atoms with Gasteiger partial charge >= 0.3 is 0 Å². The van der Waals surface area contributed by atoms with E-state index in [0.29, 0.717) is 21.0 Å². The number of rotatable bonds is 2. The molecule has 5 heteroatoms. The largest absolute Gasteiger partial charge is 0.375 e. The second kappa shape index (κ2) is 9.43. The second-order valence-electron chi connectivity index (χ2n) is 4.96. The van der Waals surface area contributed by atoms with E-state index in [-0.39, 0.29) is 0 Å². The van der Waals surface area contributed by atoms with Gasteiger partial charge in [-0.1, -0.05) is 59.6 Å². The molecule has 1 fully saturated rings. The molecule has 0 aliphatic carbocycles. The summed E-state index contributed by atoms with van der Waals surface area (Å²) in [5.74, 6) is 0. The summed E-state index contributed by atoms with van der Waals surface area (Å²) >= 11 is 15.4. The van der Waals surface area contributed by atoms with Crippen molar-refractivity contribution in [1.82, 2.24) is 5.32 Å². The smallest absolute Gasteiger partial charge is 0.0740 e. The molecule has 0 aromatic heterocycles. The first-order chi connectivity index (χ1) is 10.7. The number of hydrogen-bond donors (Lipinski definition) is 2. The van der Waals surface area contributed by atoms with Crippen LogP contribution >= 0.6 is 35.8 Å². The fourth-order valence-electron chi connectivity index (χ4n) is 2.12. The third-order valence-electron chi connectivity index (χ3n) is 3.25. The average molecular weight is 356 g/mol. The normalized spacial score (nSPS) is 17.5. The third-order valence-corrected chi connectivity index (χ3v) is 4.62. The molecule has 2 nitrogen and oxygen atoms in total. The Hall–Kier alpha value is -0.710. The summed E-state index contributed by atoms with van der Waals surface area (Å²) in [5, 5.41) is 4.51. The number of ether oxygens (including phenoxy) is 1. The molecule has 2 aromatic rings. The van der Waals surface area contributed by atoms with Crippen LogP contribution in [0.1, 0.15) is 5.56 Å². The van der Waals surface area contributed by atoms with Crippen molar-refractivity contribution in [2.75, 3.05) is 19.7 Å². The fourth-order valence-corrected chi connectivity index (χ4v) is 2.66. The van der Waals surface area contributed by atoms with Gasteiger partial charge < -0.3 is 10.1 Å². The standard InChI is InChI=1S/C11H15NO.C6H4Cl2S/c1-2-4-10(5-3-1)8-11-9-12-6-7-13-11;7-4-2-1-3-5(8)6(4)9/h1-5,11-12H,6-9H2;1-3,9H. The van der Waals surface area contributed by atoms with Crippen LogP contribution in [0.5, 0.6) is 0 Å². The molecule has 3 rings (SSSR count). The van der Waals surface area contributed by atoms with Crippen LogP contribution in [0.15, 0.2) is 53.4 Å². The molecule has 0 radical (unpaired) electrons. The van der Waals surface area contributed by atoms with Crippen molar-refractivity contribution in [3.8, 4) is 0 Å². The van der Waals surface area contributed by atoms with Gasteiger partial charge in [0.05, 0.1) is 22.8 Å². The zero-order valence-electron chi connectivity index (χ0n) is 12.1. The first-order valence-electron chi connectivity index (χ1n) is 7.16. The summed E-state index contributed by atoms with van der Waals surface area (Å²) in [6.07, 6.45) is 1.38. The molecule has 22 heavy (non-hydrogen) atoms. The minimum atomic E-state index is 0.358. The molecule has 0 amide bonds. The van der Waals surface area contributed by atoms with Gasteiger partial charge in [-0.3, -0.25) is 0 Å². The fraction of sp³-hybridized carbons (Fsp3) is 0.294. The third kappa shape index (κ3) is 5.82. The Labute approximate surface area is 147 Å². The molecule has 0 spiro atoms. The van der Waals surface area contributed by atoms with Gasteiger partial charge in [0.2, 0.25) is 0 Å². The van der Waals surface area contributed by atoms with Gasteiger partial charge in [-0.15, -0.1) is 12.6 Å². The van der Waals surface area contributed by atoms with Crippen LogP contribution in [0.4, 0.5) is 0 Å². The van der Waals surface area contributed by atoms with E-state index in [1.54, 1.807) is 18.2 Å². The Bertz CT molecular complexity index is 554. The molecule has 1 unspecified atom stereocenters. The lowest BCUT2D eigenvalue weighted by Crippen LogP contribution is -2.39. The molecule has 1 aliphatic rings. The van der Waals surface area contributed by atoms with Gasteiger partial charge in [-0.2, -0.15) is 0 Å². The molecule has 2 aromatic carbocycles. The van der Waals surface area contributed by atoms with Crippen molar-refractivity contribution in [3.63, 3.8) is 0 Å². The number of nitrogens with one attached hydrogen (secondary N) is 1. The molecule has 0 bridgehead atoms. The first kappa shape index (κ1) is 17.6. The van der Waals surface area contributed by atoms with Crippen molar-refractivity contribution in [2.45, 2.75) is 17.4 Å². The predicted octanol–water partition coefficient (Wildman–Crippen LogP) is 4.50. The SMILES string of the molecule is Sc1c(Cl)cccc1Cl.c1ccc(CC2CNCCO2)cc1. The molecular weight excluding hydrogens is 337 g/mol. The maximum absolute atomic E-state index is 5.65. The van der Waals surface area contributed by atoms with Crippen LogP contribution in [0.3, 0.4) is 0 Å². The van der Waals surface area contributed by atoms with Crippen molar-refractivity contribution < 1.29 is 4.74 Å². The summed E-state index contributed by atoms with van der Waals surface area (Å²) < 4.78 is 5.62. The zero-order chi connectivity index (χ0) is 15.8. The Morgan fingerprint density at radius 1 is 1.05 bits per heavy atom. The highest BCUT2D eigenvalue weighted by atomic mass is 35.5.